The average Bonchev–Trinajstić information content (AvgIpc) is 3.23. The van der Waals surface area contributed by atoms with E-state index in [1.54, 1.807) is 18.2 Å². The number of aliphatic hydroxyl groups excluding tert-OH is 1. The number of esters is 1. The maximum Gasteiger partial charge on any atom is 0.328 e. The number of methoxy groups -OCH3 is 1. The van der Waals surface area contributed by atoms with Gasteiger partial charge in [-0.05, 0) is 36.6 Å². The van der Waals surface area contributed by atoms with Crippen molar-refractivity contribution in [3.63, 3.8) is 0 Å². The normalized spacial score (nSPS) is 18.2. The number of nitrogens with one attached hydrogen (secondary N) is 1. The van der Waals surface area contributed by atoms with Crippen LogP contribution in [0.1, 0.15) is 24.4 Å². The van der Waals surface area contributed by atoms with E-state index < -0.39 is 30.1 Å². The zero-order valence-electron chi connectivity index (χ0n) is 15.8. The molecule has 0 aromatic heterocycles. The van der Waals surface area contributed by atoms with E-state index in [2.05, 4.69) is 5.32 Å². The molecule has 1 aliphatic heterocycles. The number of carbonyl (C=O) groups excluding carboxylic acids is 2. The van der Waals surface area contributed by atoms with Gasteiger partial charge in [0.25, 0.3) is 5.91 Å². The quantitative estimate of drug-likeness (QED) is 0.675. The SMILES string of the molecule is COC(=O)[C@@H]1CCCN1C(=O)[C@@H](O)[C@@H](Nc1ccc(Cl)c(Cl)c1)c1ccccc1. The fourth-order valence-corrected chi connectivity index (χ4v) is 3.79. The molecule has 8 heteroatoms. The summed E-state index contributed by atoms with van der Waals surface area (Å²) in [6.07, 6.45) is -0.229. The van der Waals surface area contributed by atoms with Crippen LogP contribution in [-0.4, -0.2) is 47.7 Å². The molecule has 2 aromatic rings. The highest BCUT2D eigenvalue weighted by Crippen LogP contribution is 2.30. The number of anilines is 1. The lowest BCUT2D eigenvalue weighted by molar-refractivity contribution is -0.154. The number of ether oxygens (including phenoxy) is 1. The molecular weight excluding hydrogens is 415 g/mol. The van der Waals surface area contributed by atoms with Crippen molar-refractivity contribution in [2.75, 3.05) is 19.0 Å². The minimum Gasteiger partial charge on any atom is -0.467 e. The summed E-state index contributed by atoms with van der Waals surface area (Å²) in [7, 11) is 1.29. The lowest BCUT2D eigenvalue weighted by atomic mass is 9.99. The molecule has 1 aliphatic rings. The minimum atomic E-state index is -1.42. The van der Waals surface area contributed by atoms with Gasteiger partial charge in [0.1, 0.15) is 6.04 Å². The smallest absolute Gasteiger partial charge is 0.328 e. The van der Waals surface area contributed by atoms with Gasteiger partial charge in [0, 0.05) is 12.2 Å². The van der Waals surface area contributed by atoms with Crippen molar-refractivity contribution in [1.82, 2.24) is 4.90 Å². The molecule has 0 bridgehead atoms. The summed E-state index contributed by atoms with van der Waals surface area (Å²) in [5, 5.41) is 14.9. The van der Waals surface area contributed by atoms with Crippen molar-refractivity contribution in [3.8, 4) is 0 Å². The highest BCUT2D eigenvalue weighted by Gasteiger charge is 2.40. The van der Waals surface area contributed by atoms with E-state index in [-0.39, 0.29) is 0 Å². The summed E-state index contributed by atoms with van der Waals surface area (Å²) in [6, 6.07) is 12.7. The molecular formula is C21H22Cl2N2O4. The number of likely N-dealkylation sites (tertiary alicyclic amines) is 1. The van der Waals surface area contributed by atoms with Crippen molar-refractivity contribution in [1.29, 1.82) is 0 Å². The minimum absolute atomic E-state index is 0.356. The molecule has 0 unspecified atom stereocenters. The summed E-state index contributed by atoms with van der Waals surface area (Å²) in [5.74, 6) is -1.00. The fraction of sp³-hybridized carbons (Fsp3) is 0.333. The first kappa shape index (κ1) is 21.4. The van der Waals surface area contributed by atoms with Crippen LogP contribution >= 0.6 is 23.2 Å². The van der Waals surface area contributed by atoms with E-state index in [0.29, 0.717) is 40.7 Å². The summed E-state index contributed by atoms with van der Waals surface area (Å²) in [5.41, 5.74) is 1.32. The highest BCUT2D eigenvalue weighted by molar-refractivity contribution is 6.42. The number of halogens is 2. The van der Waals surface area contributed by atoms with Crippen LogP contribution in [-0.2, 0) is 14.3 Å². The van der Waals surface area contributed by atoms with Crippen molar-refractivity contribution in [2.45, 2.75) is 31.0 Å². The predicted octanol–water partition coefficient (Wildman–Crippen LogP) is 3.67. The molecule has 0 saturated carbocycles. The molecule has 0 spiro atoms. The zero-order valence-corrected chi connectivity index (χ0v) is 17.4. The van der Waals surface area contributed by atoms with Crippen LogP contribution < -0.4 is 5.32 Å². The largest absolute Gasteiger partial charge is 0.467 e. The topological polar surface area (TPSA) is 78.9 Å². The van der Waals surface area contributed by atoms with Crippen LogP contribution in [0.15, 0.2) is 48.5 Å². The highest BCUT2D eigenvalue weighted by atomic mass is 35.5. The van der Waals surface area contributed by atoms with Crippen molar-refractivity contribution in [3.05, 3.63) is 64.1 Å². The molecule has 29 heavy (non-hydrogen) atoms. The first-order valence-electron chi connectivity index (χ1n) is 9.25. The predicted molar refractivity (Wildman–Crippen MR) is 112 cm³/mol. The molecule has 1 saturated heterocycles. The van der Waals surface area contributed by atoms with Gasteiger partial charge in [0.05, 0.1) is 23.2 Å². The van der Waals surface area contributed by atoms with Crippen LogP contribution in [0.25, 0.3) is 0 Å². The molecule has 2 N–H and O–H groups in total. The Kier molecular flexibility index (Phi) is 7.00. The number of amides is 1. The number of hydrogen-bond donors (Lipinski definition) is 2. The van der Waals surface area contributed by atoms with Crippen LogP contribution in [0.3, 0.4) is 0 Å². The van der Waals surface area contributed by atoms with Crippen LogP contribution in [0.4, 0.5) is 5.69 Å². The third-order valence-corrected chi connectivity index (χ3v) is 5.72. The summed E-state index contributed by atoms with van der Waals surface area (Å²) >= 11 is 12.1. The average molecular weight is 437 g/mol. The molecule has 0 aliphatic carbocycles. The number of carbonyl (C=O) groups is 2. The Morgan fingerprint density at radius 1 is 1.17 bits per heavy atom. The number of hydrogen-bond acceptors (Lipinski definition) is 5. The third kappa shape index (κ3) is 4.83. The van der Waals surface area contributed by atoms with Crippen molar-refractivity contribution >= 4 is 40.8 Å². The first-order valence-corrected chi connectivity index (χ1v) is 10.0. The van der Waals surface area contributed by atoms with Gasteiger partial charge >= 0.3 is 5.97 Å². The Morgan fingerprint density at radius 3 is 2.55 bits per heavy atom. The second kappa shape index (κ2) is 9.48. The Balaban J connectivity index is 1.88. The van der Waals surface area contributed by atoms with Gasteiger partial charge in [0.15, 0.2) is 6.10 Å². The van der Waals surface area contributed by atoms with E-state index in [4.69, 9.17) is 27.9 Å². The van der Waals surface area contributed by atoms with Gasteiger partial charge in [-0.3, -0.25) is 4.79 Å². The van der Waals surface area contributed by atoms with Gasteiger partial charge in [-0.1, -0.05) is 53.5 Å². The molecule has 154 valence electrons. The maximum atomic E-state index is 13.1. The van der Waals surface area contributed by atoms with Crippen molar-refractivity contribution < 1.29 is 19.4 Å². The molecule has 0 radical (unpaired) electrons. The Morgan fingerprint density at radius 2 is 1.90 bits per heavy atom. The standard InChI is InChI=1S/C21H22Cl2N2O4/c1-29-21(28)17-8-5-11-25(17)20(27)19(26)18(13-6-3-2-4-7-13)24-14-9-10-15(22)16(23)12-14/h2-4,6-7,9-10,12,17-19,24,26H,5,8,11H2,1H3/t17-,18-,19-/m0/s1. The number of rotatable bonds is 6. The van der Waals surface area contributed by atoms with E-state index >= 15 is 0 Å². The third-order valence-electron chi connectivity index (χ3n) is 4.98. The molecule has 1 heterocycles. The molecule has 1 fully saturated rings. The second-order valence-electron chi connectivity index (χ2n) is 6.82. The molecule has 3 rings (SSSR count). The van der Waals surface area contributed by atoms with E-state index in [9.17, 15) is 14.7 Å². The van der Waals surface area contributed by atoms with Crippen LogP contribution in [0, 0.1) is 0 Å². The van der Waals surface area contributed by atoms with E-state index in [1.165, 1.54) is 12.0 Å². The lowest BCUT2D eigenvalue weighted by Gasteiger charge is -2.30. The van der Waals surface area contributed by atoms with Gasteiger partial charge in [0.2, 0.25) is 0 Å². The zero-order chi connectivity index (χ0) is 21.0. The number of nitrogens with zero attached hydrogens (tertiary/aromatic N) is 1. The Labute approximate surface area is 179 Å². The number of benzene rings is 2. The van der Waals surface area contributed by atoms with Gasteiger partial charge in [-0.15, -0.1) is 0 Å². The second-order valence-corrected chi connectivity index (χ2v) is 7.63. The maximum absolute atomic E-state index is 13.1. The van der Waals surface area contributed by atoms with Crippen LogP contribution in [0.5, 0.6) is 0 Å². The fourth-order valence-electron chi connectivity index (χ4n) is 3.49. The van der Waals surface area contributed by atoms with E-state index in [1.807, 2.05) is 30.3 Å². The monoisotopic (exact) mass is 436 g/mol. The van der Waals surface area contributed by atoms with Gasteiger partial charge < -0.3 is 20.1 Å². The summed E-state index contributed by atoms with van der Waals surface area (Å²) < 4.78 is 4.80. The Bertz CT molecular complexity index is 878. The van der Waals surface area contributed by atoms with Crippen molar-refractivity contribution in [2.24, 2.45) is 0 Å². The first-order chi connectivity index (χ1) is 13.9. The number of aliphatic hydroxyl groups is 1. The van der Waals surface area contributed by atoms with Gasteiger partial charge in [-0.25, -0.2) is 4.79 Å². The summed E-state index contributed by atoms with van der Waals surface area (Å²) in [6.45, 7) is 0.393. The molecule has 3 atom stereocenters. The Hall–Kier alpha value is -2.28. The van der Waals surface area contributed by atoms with E-state index in [0.717, 1.165) is 0 Å². The molecule has 6 nitrogen and oxygen atoms in total. The lowest BCUT2D eigenvalue weighted by Crippen LogP contribution is -2.48. The van der Waals surface area contributed by atoms with Gasteiger partial charge in [-0.2, -0.15) is 0 Å². The molecule has 1 amide bonds. The van der Waals surface area contributed by atoms with Crippen LogP contribution in [0.2, 0.25) is 10.0 Å². The molecule has 2 aromatic carbocycles. The summed E-state index contributed by atoms with van der Waals surface area (Å²) in [4.78, 5) is 26.5.